The van der Waals surface area contributed by atoms with Crippen molar-refractivity contribution in [2.24, 2.45) is 0 Å². The molecular formula is C30H32F3N3O3. The van der Waals surface area contributed by atoms with Crippen LogP contribution in [0.2, 0.25) is 0 Å². The van der Waals surface area contributed by atoms with Crippen LogP contribution in [0.3, 0.4) is 0 Å². The van der Waals surface area contributed by atoms with E-state index in [4.69, 9.17) is 9.47 Å². The maximum atomic E-state index is 15.3. The summed E-state index contributed by atoms with van der Waals surface area (Å²) in [6, 6.07) is 9.87. The highest BCUT2D eigenvalue weighted by Gasteiger charge is 2.27. The van der Waals surface area contributed by atoms with Crippen LogP contribution in [0.4, 0.5) is 13.2 Å². The second-order valence-electron chi connectivity index (χ2n) is 9.81. The summed E-state index contributed by atoms with van der Waals surface area (Å²) in [4.78, 5) is 10.7. The van der Waals surface area contributed by atoms with Crippen molar-refractivity contribution >= 4 is 11.1 Å². The van der Waals surface area contributed by atoms with Crippen LogP contribution in [0.15, 0.2) is 42.6 Å². The monoisotopic (exact) mass is 539 g/mol. The molecule has 1 aliphatic carbocycles. The van der Waals surface area contributed by atoms with E-state index in [1.165, 1.54) is 6.07 Å². The molecule has 0 saturated carbocycles. The van der Waals surface area contributed by atoms with E-state index >= 15 is 8.78 Å². The molecule has 0 amide bonds. The molecule has 3 aromatic rings. The van der Waals surface area contributed by atoms with Gasteiger partial charge in [0.2, 0.25) is 17.7 Å². The van der Waals surface area contributed by atoms with E-state index < -0.39 is 17.5 Å². The van der Waals surface area contributed by atoms with E-state index in [1.54, 1.807) is 37.4 Å². The number of rotatable bonds is 9. The standard InChI is InChI=1S/C30H32F3N3O3/c1-2-38-27-12-9-24(30(33)35-27)21-5-3-6-23-22(8-10-25(37)29(23)32)28(21)19-7-11-26(34-17-19)39-20-13-16-36(18-20)15-4-14-31/h7-12,17,20,37H,2-6,13-16,18H2,1H3/t20-/m0/s1. The molecule has 1 aliphatic heterocycles. The molecule has 0 spiro atoms. The number of allylic oxidation sites excluding steroid dienone is 1. The molecule has 3 heterocycles. The first-order valence-corrected chi connectivity index (χ1v) is 13.4. The van der Waals surface area contributed by atoms with Gasteiger partial charge in [-0.1, -0.05) is 6.07 Å². The molecule has 6 nitrogen and oxygen atoms in total. The highest BCUT2D eigenvalue weighted by molar-refractivity contribution is 5.99. The van der Waals surface area contributed by atoms with Gasteiger partial charge in [0.15, 0.2) is 11.6 Å². The number of halogens is 3. The molecule has 0 bridgehead atoms. The van der Waals surface area contributed by atoms with Crippen molar-refractivity contribution in [3.8, 4) is 17.5 Å². The average molecular weight is 540 g/mol. The molecule has 1 saturated heterocycles. The SMILES string of the molecule is CCOc1ccc(C2=C(c3ccc(O[C@H]4CCN(CCCF)C4)nc3)c3ccc(O)c(F)c3CCC2)c(F)n1. The number of aromatic hydroxyl groups is 1. The number of hydrogen-bond acceptors (Lipinski definition) is 6. The van der Waals surface area contributed by atoms with Crippen molar-refractivity contribution in [2.75, 3.05) is 32.9 Å². The third-order valence-electron chi connectivity index (χ3n) is 7.24. The predicted octanol–water partition coefficient (Wildman–Crippen LogP) is 5.97. The van der Waals surface area contributed by atoms with Crippen molar-refractivity contribution in [3.63, 3.8) is 0 Å². The van der Waals surface area contributed by atoms with Gasteiger partial charge in [0, 0.05) is 49.1 Å². The number of aromatic nitrogens is 2. The zero-order valence-electron chi connectivity index (χ0n) is 21.9. The van der Waals surface area contributed by atoms with Crippen molar-refractivity contribution in [1.82, 2.24) is 14.9 Å². The lowest BCUT2D eigenvalue weighted by molar-refractivity contribution is 0.191. The molecule has 206 valence electrons. The molecule has 0 radical (unpaired) electrons. The fourth-order valence-electron chi connectivity index (χ4n) is 5.44. The lowest BCUT2D eigenvalue weighted by atomic mass is 9.88. The molecule has 1 aromatic carbocycles. The van der Waals surface area contributed by atoms with Crippen LogP contribution in [0.1, 0.15) is 54.9 Å². The van der Waals surface area contributed by atoms with Crippen LogP contribution < -0.4 is 9.47 Å². The summed E-state index contributed by atoms with van der Waals surface area (Å²) >= 11 is 0. The maximum absolute atomic E-state index is 15.3. The summed E-state index contributed by atoms with van der Waals surface area (Å²) in [6.45, 7) is 4.13. The van der Waals surface area contributed by atoms with Gasteiger partial charge in [0.1, 0.15) is 6.10 Å². The van der Waals surface area contributed by atoms with Crippen LogP contribution in [-0.2, 0) is 6.42 Å². The number of phenols is 1. The maximum Gasteiger partial charge on any atom is 0.223 e. The summed E-state index contributed by atoms with van der Waals surface area (Å²) in [6.07, 6.45) is 4.41. The zero-order chi connectivity index (χ0) is 27.4. The number of nitrogens with zero attached hydrogens (tertiary/aromatic N) is 3. The quantitative estimate of drug-likeness (QED) is 0.338. The Hall–Kier alpha value is -3.59. The number of alkyl halides is 1. The van der Waals surface area contributed by atoms with Crippen molar-refractivity contribution in [3.05, 3.63) is 76.6 Å². The van der Waals surface area contributed by atoms with Crippen molar-refractivity contribution in [2.45, 2.75) is 45.1 Å². The molecule has 9 heteroatoms. The van der Waals surface area contributed by atoms with Crippen molar-refractivity contribution in [1.29, 1.82) is 0 Å². The van der Waals surface area contributed by atoms with E-state index in [2.05, 4.69) is 14.9 Å². The third kappa shape index (κ3) is 5.88. The van der Waals surface area contributed by atoms with Crippen LogP contribution in [0.5, 0.6) is 17.5 Å². The molecule has 0 unspecified atom stereocenters. The molecule has 1 N–H and O–H groups in total. The van der Waals surface area contributed by atoms with E-state index in [9.17, 15) is 9.50 Å². The summed E-state index contributed by atoms with van der Waals surface area (Å²) < 4.78 is 54.3. The van der Waals surface area contributed by atoms with Gasteiger partial charge in [0.05, 0.1) is 13.3 Å². The molecule has 39 heavy (non-hydrogen) atoms. The number of likely N-dealkylation sites (tertiary alicyclic amines) is 1. The summed E-state index contributed by atoms with van der Waals surface area (Å²) in [5.74, 6) is -1.09. The molecular weight excluding hydrogens is 507 g/mol. The van der Waals surface area contributed by atoms with E-state index in [0.717, 1.165) is 19.5 Å². The third-order valence-corrected chi connectivity index (χ3v) is 7.24. The average Bonchev–Trinajstić information content (AvgIpc) is 3.29. The van der Waals surface area contributed by atoms with Gasteiger partial charge in [0.25, 0.3) is 0 Å². The minimum Gasteiger partial charge on any atom is -0.505 e. The van der Waals surface area contributed by atoms with Gasteiger partial charge in [-0.05, 0) is 79.5 Å². The molecule has 2 aliphatic rings. The lowest BCUT2D eigenvalue weighted by Crippen LogP contribution is -2.26. The molecule has 5 rings (SSSR count). The molecule has 1 fully saturated rings. The topological polar surface area (TPSA) is 67.7 Å². The number of pyridine rings is 2. The predicted molar refractivity (Wildman–Crippen MR) is 143 cm³/mol. The van der Waals surface area contributed by atoms with Crippen LogP contribution in [0, 0.1) is 11.8 Å². The fourth-order valence-corrected chi connectivity index (χ4v) is 5.44. The van der Waals surface area contributed by atoms with Gasteiger partial charge >= 0.3 is 0 Å². The summed E-state index contributed by atoms with van der Waals surface area (Å²) in [5.41, 5.74) is 3.29. The number of fused-ring (bicyclic) bond motifs is 1. The lowest BCUT2D eigenvalue weighted by Gasteiger charge is -2.18. The normalized spacial score (nSPS) is 17.7. The fraction of sp³-hybridized carbons (Fsp3) is 0.400. The van der Waals surface area contributed by atoms with Crippen molar-refractivity contribution < 1.29 is 27.8 Å². The largest absolute Gasteiger partial charge is 0.505 e. The van der Waals surface area contributed by atoms with Gasteiger partial charge in [-0.3, -0.25) is 9.29 Å². The van der Waals surface area contributed by atoms with Crippen LogP contribution in [-0.4, -0.2) is 59.0 Å². The first kappa shape index (κ1) is 27.0. The van der Waals surface area contributed by atoms with Crippen LogP contribution in [0.25, 0.3) is 11.1 Å². The van der Waals surface area contributed by atoms with Gasteiger partial charge in [-0.15, -0.1) is 0 Å². The zero-order valence-corrected chi connectivity index (χ0v) is 21.9. The smallest absolute Gasteiger partial charge is 0.223 e. The Morgan fingerprint density at radius 2 is 1.87 bits per heavy atom. The Kier molecular flexibility index (Phi) is 8.35. The Labute approximate surface area is 226 Å². The summed E-state index contributed by atoms with van der Waals surface area (Å²) in [5, 5.41) is 10.0. The number of hydrogen-bond donors (Lipinski definition) is 1. The molecule has 2 aromatic heterocycles. The van der Waals surface area contributed by atoms with Gasteiger partial charge in [-0.2, -0.15) is 9.37 Å². The van der Waals surface area contributed by atoms with Crippen LogP contribution >= 0.6 is 0 Å². The Morgan fingerprint density at radius 3 is 2.62 bits per heavy atom. The Bertz CT molecular complexity index is 1350. The Morgan fingerprint density at radius 1 is 1.05 bits per heavy atom. The second kappa shape index (κ2) is 12.1. The minimum atomic E-state index is -0.664. The summed E-state index contributed by atoms with van der Waals surface area (Å²) in [7, 11) is 0. The first-order chi connectivity index (χ1) is 19.0. The minimum absolute atomic E-state index is 0.0301. The highest BCUT2D eigenvalue weighted by atomic mass is 19.1. The van der Waals surface area contributed by atoms with E-state index in [1.807, 2.05) is 6.07 Å². The number of phenolic OH excluding ortho intramolecular Hbond substituents is 1. The highest BCUT2D eigenvalue weighted by Crippen LogP contribution is 2.42. The van der Waals surface area contributed by atoms with E-state index in [-0.39, 0.29) is 18.7 Å². The number of ether oxygens (including phenoxy) is 2. The van der Waals surface area contributed by atoms with E-state index in [0.29, 0.717) is 78.1 Å². The van der Waals surface area contributed by atoms with Gasteiger partial charge < -0.3 is 14.6 Å². The van der Waals surface area contributed by atoms with Gasteiger partial charge in [-0.25, -0.2) is 9.37 Å². The second-order valence-corrected chi connectivity index (χ2v) is 9.81. The first-order valence-electron chi connectivity index (χ1n) is 13.4. The molecule has 1 atom stereocenters. The Balaban J connectivity index is 1.51. The number of benzene rings is 1.